The van der Waals surface area contributed by atoms with Crippen molar-refractivity contribution in [2.24, 2.45) is 11.3 Å². The minimum Gasteiger partial charge on any atom is -0.443 e. The smallest absolute Gasteiger partial charge is 0.414 e. The first kappa shape index (κ1) is 34.1. The van der Waals surface area contributed by atoms with Crippen molar-refractivity contribution in [2.45, 2.75) is 108 Å². The Bertz CT molecular complexity index is 1280. The van der Waals surface area contributed by atoms with E-state index in [1.807, 2.05) is 26.8 Å². The molecule has 6 atom stereocenters. The Balaban J connectivity index is 1.26. The largest absolute Gasteiger partial charge is 0.443 e. The molecule has 2 aliphatic heterocycles. The van der Waals surface area contributed by atoms with Gasteiger partial charge in [-0.15, -0.1) is 11.8 Å². The first-order valence-corrected chi connectivity index (χ1v) is 16.2. The molecule has 44 heavy (non-hydrogen) atoms. The van der Waals surface area contributed by atoms with Gasteiger partial charge in [0.1, 0.15) is 29.2 Å². The number of ketones is 1. The van der Waals surface area contributed by atoms with E-state index in [0.29, 0.717) is 25.1 Å². The number of methoxy groups -OCH3 is 1. The number of alkyl carbamates (subject to hydrolysis) is 1. The molecule has 1 spiro atoms. The van der Waals surface area contributed by atoms with Crippen molar-refractivity contribution in [3.8, 4) is 0 Å². The van der Waals surface area contributed by atoms with Gasteiger partial charge in [-0.3, -0.25) is 19.7 Å². The van der Waals surface area contributed by atoms with Gasteiger partial charge >= 0.3 is 6.09 Å². The second-order valence-electron chi connectivity index (χ2n) is 13.4. The van der Waals surface area contributed by atoms with Gasteiger partial charge in [-0.2, -0.15) is 0 Å². The van der Waals surface area contributed by atoms with Crippen LogP contribution < -0.4 is 10.6 Å². The Hall–Kier alpha value is -2.73. The fraction of sp³-hybridized carbons (Fsp3) is 0.636. The van der Waals surface area contributed by atoms with Crippen LogP contribution >= 0.6 is 11.8 Å². The van der Waals surface area contributed by atoms with Crippen LogP contribution in [0.2, 0.25) is 0 Å². The van der Waals surface area contributed by atoms with E-state index in [1.54, 1.807) is 25.3 Å². The van der Waals surface area contributed by atoms with Gasteiger partial charge in [-0.25, -0.2) is 4.79 Å². The summed E-state index contributed by atoms with van der Waals surface area (Å²) in [5.74, 6) is -0.867. The molecule has 2 saturated heterocycles. The number of carbonyl (C=O) groups is 4. The topological polar surface area (TPSA) is 136 Å². The fourth-order valence-electron chi connectivity index (χ4n) is 6.03. The normalized spacial score (nSPS) is 29.0. The number of amides is 3. The van der Waals surface area contributed by atoms with Gasteiger partial charge in [-0.05, 0) is 58.2 Å². The van der Waals surface area contributed by atoms with Crippen LogP contribution in [0.3, 0.4) is 0 Å². The molecule has 10 nitrogen and oxygen atoms in total. The molecule has 1 saturated carbocycles. The van der Waals surface area contributed by atoms with E-state index in [0.717, 1.165) is 11.3 Å². The average molecular weight is 631 g/mol. The van der Waals surface area contributed by atoms with E-state index < -0.39 is 35.2 Å². The number of imide groups is 1. The molecule has 4 rings (SSSR count). The molecule has 242 valence electrons. The molecule has 3 fully saturated rings. The summed E-state index contributed by atoms with van der Waals surface area (Å²) in [4.78, 5) is 50.6. The number of Topliss-reactive ketones (excluding diaryl/α,β-unsaturated/α-hetero) is 1. The van der Waals surface area contributed by atoms with E-state index >= 15 is 0 Å². The quantitative estimate of drug-likeness (QED) is 0.176. The lowest BCUT2D eigenvalue weighted by molar-refractivity contribution is -0.128. The molecule has 1 aromatic carbocycles. The van der Waals surface area contributed by atoms with Gasteiger partial charge in [0.15, 0.2) is 0 Å². The minimum absolute atomic E-state index is 0.0253. The molecule has 2 heterocycles. The third-order valence-corrected chi connectivity index (χ3v) is 9.63. The Labute approximate surface area is 264 Å². The Morgan fingerprint density at radius 3 is 2.50 bits per heavy atom. The van der Waals surface area contributed by atoms with Gasteiger partial charge in [0, 0.05) is 35.9 Å². The number of epoxide rings is 2. The summed E-state index contributed by atoms with van der Waals surface area (Å²) in [6.45, 7) is 12.3. The maximum absolute atomic E-state index is 12.8. The zero-order chi connectivity index (χ0) is 32.3. The molecule has 1 aliphatic carbocycles. The van der Waals surface area contributed by atoms with Crippen LogP contribution in [-0.2, 0) is 33.3 Å². The van der Waals surface area contributed by atoms with Gasteiger partial charge in [0.2, 0.25) is 11.8 Å². The third-order valence-electron chi connectivity index (χ3n) is 8.64. The highest BCUT2D eigenvalue weighted by atomic mass is 32.2. The van der Waals surface area contributed by atoms with Crippen molar-refractivity contribution < 1.29 is 38.1 Å². The van der Waals surface area contributed by atoms with Gasteiger partial charge in [-0.1, -0.05) is 38.5 Å². The molecule has 0 aromatic heterocycles. The number of hydrogen-bond donors (Lipinski definition) is 2. The zero-order valence-corrected chi connectivity index (χ0v) is 27.6. The lowest BCUT2D eigenvalue weighted by atomic mass is 9.68. The third kappa shape index (κ3) is 8.50. The van der Waals surface area contributed by atoms with Crippen molar-refractivity contribution in [2.75, 3.05) is 24.8 Å². The molecule has 1 aromatic rings. The predicted molar refractivity (Wildman–Crippen MR) is 167 cm³/mol. The minimum atomic E-state index is -0.817. The molecule has 2 N–H and O–H groups in total. The maximum Gasteiger partial charge on any atom is 0.414 e. The van der Waals surface area contributed by atoms with Gasteiger partial charge in [0.05, 0.1) is 24.4 Å². The van der Waals surface area contributed by atoms with Crippen LogP contribution in [0.5, 0.6) is 0 Å². The number of allylic oxidation sites excluding steroid dienone is 1. The standard InChI is InChI=1S/C33H46N2O8S/c1-20(2)11-13-25-32(6,43-25)29-28(40-7)23(15-16-33(29)19-41-33)42-30(39)35-27(38)18-44-22-10-8-9-21(17-22)34-26(37)14-12-24(36)31(3,4)5/h8-11,17,23,25,28-29H,12-16,18-19H2,1-7H3,(H,34,37)(H,35,38,39)/t23-,25-,28-,29-,32?,33+/m1/s1. The fourth-order valence-corrected chi connectivity index (χ4v) is 6.78. The van der Waals surface area contributed by atoms with Gasteiger partial charge < -0.3 is 24.3 Å². The number of carbonyl (C=O) groups excluding carboxylic acids is 4. The number of nitrogens with one attached hydrogen (secondary N) is 2. The number of anilines is 1. The van der Waals surface area contributed by atoms with Crippen LogP contribution in [0.15, 0.2) is 40.8 Å². The Morgan fingerprint density at radius 2 is 1.86 bits per heavy atom. The van der Waals surface area contributed by atoms with E-state index in [9.17, 15) is 19.2 Å². The molecule has 1 unspecified atom stereocenters. The lowest BCUT2D eigenvalue weighted by Crippen LogP contribution is -2.56. The lowest BCUT2D eigenvalue weighted by Gasteiger charge is -2.42. The van der Waals surface area contributed by atoms with Crippen LogP contribution in [0.25, 0.3) is 0 Å². The molecule has 3 aliphatic rings. The number of thioether (sulfide) groups is 1. The summed E-state index contributed by atoms with van der Waals surface area (Å²) in [6.07, 6.45) is 2.74. The van der Waals surface area contributed by atoms with E-state index in [4.69, 9.17) is 18.9 Å². The highest BCUT2D eigenvalue weighted by Crippen LogP contribution is 2.59. The molecule has 0 bridgehead atoms. The van der Waals surface area contributed by atoms with Crippen molar-refractivity contribution in [3.05, 3.63) is 35.9 Å². The van der Waals surface area contributed by atoms with Crippen molar-refractivity contribution in [1.29, 1.82) is 0 Å². The second kappa shape index (κ2) is 13.7. The summed E-state index contributed by atoms with van der Waals surface area (Å²) in [7, 11) is 1.61. The molecule has 3 amide bonds. The van der Waals surface area contributed by atoms with Crippen molar-refractivity contribution >= 4 is 41.1 Å². The van der Waals surface area contributed by atoms with E-state index in [1.165, 1.54) is 17.3 Å². The van der Waals surface area contributed by atoms with Crippen LogP contribution in [-0.4, -0.2) is 72.7 Å². The van der Waals surface area contributed by atoms with Crippen LogP contribution in [0.1, 0.15) is 73.6 Å². The highest BCUT2D eigenvalue weighted by molar-refractivity contribution is 8.00. The van der Waals surface area contributed by atoms with E-state index in [2.05, 4.69) is 37.5 Å². The Kier molecular flexibility index (Phi) is 10.7. The summed E-state index contributed by atoms with van der Waals surface area (Å²) < 4.78 is 23.8. The van der Waals surface area contributed by atoms with E-state index in [-0.39, 0.29) is 47.9 Å². The summed E-state index contributed by atoms with van der Waals surface area (Å²) in [6, 6.07) is 7.05. The average Bonchev–Trinajstić information content (AvgIpc) is 3.86. The first-order chi connectivity index (χ1) is 20.7. The molecular formula is C33H46N2O8S. The summed E-state index contributed by atoms with van der Waals surface area (Å²) >= 11 is 1.22. The maximum atomic E-state index is 12.8. The van der Waals surface area contributed by atoms with Gasteiger partial charge in [0.25, 0.3) is 0 Å². The first-order valence-electron chi connectivity index (χ1n) is 15.2. The number of hydrogen-bond acceptors (Lipinski definition) is 9. The highest BCUT2D eigenvalue weighted by Gasteiger charge is 2.72. The number of rotatable bonds is 12. The Morgan fingerprint density at radius 1 is 1.14 bits per heavy atom. The summed E-state index contributed by atoms with van der Waals surface area (Å²) in [5, 5.41) is 5.12. The van der Waals surface area contributed by atoms with Crippen LogP contribution in [0, 0.1) is 11.3 Å². The number of ether oxygens (including phenoxy) is 4. The zero-order valence-electron chi connectivity index (χ0n) is 26.8. The molecule has 11 heteroatoms. The summed E-state index contributed by atoms with van der Waals surface area (Å²) in [5.41, 5.74) is 0.519. The number of benzene rings is 1. The molecular weight excluding hydrogens is 584 g/mol. The second-order valence-corrected chi connectivity index (χ2v) is 14.5. The molecule has 0 radical (unpaired) electrons. The van der Waals surface area contributed by atoms with Crippen molar-refractivity contribution in [1.82, 2.24) is 5.32 Å². The SMILES string of the molecule is CO[C@H]1[C@H](C2(C)O[C@@H]2CC=C(C)C)[C@]2(CC[C@H]1OC(=O)NC(=O)CSc1cccc(NC(=O)CCC(=O)C(C)(C)C)c1)CO2. The van der Waals surface area contributed by atoms with Crippen LogP contribution in [0.4, 0.5) is 10.5 Å². The van der Waals surface area contributed by atoms with Crippen molar-refractivity contribution in [3.63, 3.8) is 0 Å². The monoisotopic (exact) mass is 630 g/mol. The predicted octanol–water partition coefficient (Wildman–Crippen LogP) is 5.44.